The van der Waals surface area contributed by atoms with E-state index in [1.54, 1.807) is 7.11 Å². The fourth-order valence-corrected chi connectivity index (χ4v) is 2.20. The van der Waals surface area contributed by atoms with E-state index in [-0.39, 0.29) is 6.04 Å². The first-order valence-electron chi connectivity index (χ1n) is 6.82. The summed E-state index contributed by atoms with van der Waals surface area (Å²) in [5, 5.41) is 13.6. The van der Waals surface area contributed by atoms with Gasteiger partial charge in [0.1, 0.15) is 5.75 Å². The molecule has 0 radical (unpaired) electrons. The second-order valence-corrected chi connectivity index (χ2v) is 4.94. The molecule has 2 aromatic carbocycles. The number of hydrogen-bond donors (Lipinski definition) is 2. The van der Waals surface area contributed by atoms with Gasteiger partial charge in [-0.05, 0) is 31.0 Å². The molecule has 0 fully saturated rings. The van der Waals surface area contributed by atoms with Crippen LogP contribution in [-0.4, -0.2) is 18.3 Å². The Bertz CT molecular complexity index is 528. The fraction of sp³-hybridized carbons (Fsp3) is 0.294. The molecule has 0 saturated heterocycles. The van der Waals surface area contributed by atoms with Crippen LogP contribution in [0.2, 0.25) is 0 Å². The molecule has 2 atom stereocenters. The number of aliphatic hydroxyl groups is 1. The van der Waals surface area contributed by atoms with Crippen molar-refractivity contribution in [3.05, 3.63) is 60.2 Å². The zero-order valence-electron chi connectivity index (χ0n) is 11.9. The van der Waals surface area contributed by atoms with Crippen molar-refractivity contribution in [1.82, 2.24) is 0 Å². The molecule has 20 heavy (non-hydrogen) atoms. The largest absolute Gasteiger partial charge is 0.497 e. The SMILES string of the molecule is COc1cccc(NC(C)CC(O)c2ccccc2)c1. The Kier molecular flexibility index (Phi) is 5.02. The van der Waals surface area contributed by atoms with E-state index in [1.165, 1.54) is 0 Å². The molecule has 0 aliphatic rings. The Hall–Kier alpha value is -2.00. The van der Waals surface area contributed by atoms with Gasteiger partial charge in [0.2, 0.25) is 0 Å². The minimum Gasteiger partial charge on any atom is -0.497 e. The summed E-state index contributed by atoms with van der Waals surface area (Å²) in [5.74, 6) is 0.825. The molecule has 0 bridgehead atoms. The molecule has 0 aliphatic heterocycles. The Morgan fingerprint density at radius 2 is 1.85 bits per heavy atom. The van der Waals surface area contributed by atoms with E-state index in [0.29, 0.717) is 6.42 Å². The van der Waals surface area contributed by atoms with Crippen LogP contribution in [0.15, 0.2) is 54.6 Å². The zero-order valence-corrected chi connectivity index (χ0v) is 11.9. The lowest BCUT2D eigenvalue weighted by molar-refractivity contribution is 0.162. The number of aliphatic hydroxyl groups excluding tert-OH is 1. The predicted octanol–water partition coefficient (Wildman–Crippen LogP) is 3.62. The number of rotatable bonds is 6. The molecule has 0 aliphatic carbocycles. The number of anilines is 1. The molecule has 2 N–H and O–H groups in total. The molecule has 3 nitrogen and oxygen atoms in total. The summed E-state index contributed by atoms with van der Waals surface area (Å²) >= 11 is 0. The monoisotopic (exact) mass is 271 g/mol. The molecule has 0 aromatic heterocycles. The maximum atomic E-state index is 10.2. The molecule has 2 unspecified atom stereocenters. The van der Waals surface area contributed by atoms with Crippen LogP contribution in [0.4, 0.5) is 5.69 Å². The van der Waals surface area contributed by atoms with Gasteiger partial charge in [-0.2, -0.15) is 0 Å². The van der Waals surface area contributed by atoms with Gasteiger partial charge in [-0.3, -0.25) is 0 Å². The first-order chi connectivity index (χ1) is 9.69. The number of methoxy groups -OCH3 is 1. The van der Waals surface area contributed by atoms with Gasteiger partial charge >= 0.3 is 0 Å². The highest BCUT2D eigenvalue weighted by Gasteiger charge is 2.12. The summed E-state index contributed by atoms with van der Waals surface area (Å²) in [6.45, 7) is 2.06. The van der Waals surface area contributed by atoms with E-state index in [9.17, 15) is 5.11 Å². The second kappa shape index (κ2) is 6.96. The highest BCUT2D eigenvalue weighted by atomic mass is 16.5. The van der Waals surface area contributed by atoms with Crippen LogP contribution in [-0.2, 0) is 0 Å². The molecule has 2 rings (SSSR count). The maximum absolute atomic E-state index is 10.2. The van der Waals surface area contributed by atoms with E-state index < -0.39 is 6.10 Å². The molecule has 0 heterocycles. The smallest absolute Gasteiger partial charge is 0.120 e. The normalized spacial score (nSPS) is 13.6. The number of hydrogen-bond acceptors (Lipinski definition) is 3. The van der Waals surface area contributed by atoms with Gasteiger partial charge in [0.05, 0.1) is 13.2 Å². The lowest BCUT2D eigenvalue weighted by atomic mass is 10.0. The number of nitrogens with one attached hydrogen (secondary N) is 1. The Balaban J connectivity index is 1.93. The predicted molar refractivity (Wildman–Crippen MR) is 82.1 cm³/mol. The van der Waals surface area contributed by atoms with Crippen molar-refractivity contribution in [3.8, 4) is 5.75 Å². The van der Waals surface area contributed by atoms with Gasteiger partial charge in [0, 0.05) is 17.8 Å². The van der Waals surface area contributed by atoms with Crippen molar-refractivity contribution in [2.75, 3.05) is 12.4 Å². The summed E-state index contributed by atoms with van der Waals surface area (Å²) in [7, 11) is 1.65. The maximum Gasteiger partial charge on any atom is 0.120 e. The van der Waals surface area contributed by atoms with Crippen LogP contribution < -0.4 is 10.1 Å². The van der Waals surface area contributed by atoms with Crippen molar-refractivity contribution < 1.29 is 9.84 Å². The summed E-state index contributed by atoms with van der Waals surface area (Å²) in [6.07, 6.45) is 0.200. The molecule has 0 spiro atoms. The van der Waals surface area contributed by atoms with Crippen molar-refractivity contribution in [3.63, 3.8) is 0 Å². The van der Waals surface area contributed by atoms with Crippen LogP contribution >= 0.6 is 0 Å². The Morgan fingerprint density at radius 3 is 2.55 bits per heavy atom. The van der Waals surface area contributed by atoms with Gasteiger partial charge in [-0.25, -0.2) is 0 Å². The van der Waals surface area contributed by atoms with Gasteiger partial charge in [-0.1, -0.05) is 36.4 Å². The minimum absolute atomic E-state index is 0.164. The fourth-order valence-electron chi connectivity index (χ4n) is 2.20. The average molecular weight is 271 g/mol. The van der Waals surface area contributed by atoms with Crippen LogP contribution in [0.5, 0.6) is 5.75 Å². The Morgan fingerprint density at radius 1 is 1.10 bits per heavy atom. The molecule has 2 aromatic rings. The lowest BCUT2D eigenvalue weighted by Gasteiger charge is -2.19. The highest BCUT2D eigenvalue weighted by molar-refractivity contribution is 5.48. The van der Waals surface area contributed by atoms with E-state index in [0.717, 1.165) is 17.0 Å². The van der Waals surface area contributed by atoms with E-state index in [2.05, 4.69) is 12.2 Å². The van der Waals surface area contributed by atoms with Gasteiger partial charge < -0.3 is 15.2 Å². The summed E-state index contributed by atoms with van der Waals surface area (Å²) in [4.78, 5) is 0. The Labute approximate surface area is 120 Å². The average Bonchev–Trinajstić information content (AvgIpc) is 2.48. The third-order valence-corrected chi connectivity index (χ3v) is 3.24. The molecule has 106 valence electrons. The molecule has 3 heteroatoms. The van der Waals surface area contributed by atoms with Crippen molar-refractivity contribution >= 4 is 5.69 Å². The lowest BCUT2D eigenvalue weighted by Crippen LogP contribution is -2.18. The number of ether oxygens (including phenoxy) is 1. The highest BCUT2D eigenvalue weighted by Crippen LogP contribution is 2.22. The van der Waals surface area contributed by atoms with Crippen LogP contribution in [0.25, 0.3) is 0 Å². The number of benzene rings is 2. The summed E-state index contributed by atoms with van der Waals surface area (Å²) in [5.41, 5.74) is 1.95. The third-order valence-electron chi connectivity index (χ3n) is 3.24. The summed E-state index contributed by atoms with van der Waals surface area (Å²) < 4.78 is 5.20. The minimum atomic E-state index is -0.454. The molecule has 0 saturated carbocycles. The molecular weight excluding hydrogens is 250 g/mol. The van der Waals surface area contributed by atoms with Gasteiger partial charge in [0.15, 0.2) is 0 Å². The summed E-state index contributed by atoms with van der Waals surface area (Å²) in [6, 6.07) is 17.7. The van der Waals surface area contributed by atoms with Crippen LogP contribution in [0, 0.1) is 0 Å². The molecular formula is C17H21NO2. The topological polar surface area (TPSA) is 41.5 Å². The van der Waals surface area contributed by atoms with Gasteiger partial charge in [-0.15, -0.1) is 0 Å². The first-order valence-corrected chi connectivity index (χ1v) is 6.82. The van der Waals surface area contributed by atoms with E-state index in [4.69, 9.17) is 4.74 Å². The first kappa shape index (κ1) is 14.4. The standard InChI is InChI=1S/C17H21NO2/c1-13(11-17(19)14-7-4-3-5-8-14)18-15-9-6-10-16(12-15)20-2/h3-10,12-13,17-19H,11H2,1-2H3. The van der Waals surface area contributed by atoms with Crippen LogP contribution in [0.3, 0.4) is 0 Å². The van der Waals surface area contributed by atoms with Crippen molar-refractivity contribution in [1.29, 1.82) is 0 Å². The van der Waals surface area contributed by atoms with Crippen molar-refractivity contribution in [2.45, 2.75) is 25.5 Å². The van der Waals surface area contributed by atoms with E-state index >= 15 is 0 Å². The van der Waals surface area contributed by atoms with Crippen molar-refractivity contribution in [2.24, 2.45) is 0 Å². The van der Waals surface area contributed by atoms with Crippen LogP contribution in [0.1, 0.15) is 25.0 Å². The third kappa shape index (κ3) is 4.00. The quantitative estimate of drug-likeness (QED) is 0.843. The van der Waals surface area contributed by atoms with E-state index in [1.807, 2.05) is 54.6 Å². The molecule has 0 amide bonds. The zero-order chi connectivity index (χ0) is 14.4. The van der Waals surface area contributed by atoms with Gasteiger partial charge in [0.25, 0.3) is 0 Å². The second-order valence-electron chi connectivity index (χ2n) is 4.94.